The van der Waals surface area contributed by atoms with E-state index in [1.165, 1.54) is 0 Å². The molecular weight excluding hydrogens is 290 g/mol. The van der Waals surface area contributed by atoms with E-state index >= 15 is 0 Å². The van der Waals surface area contributed by atoms with Gasteiger partial charge in [-0.3, -0.25) is 4.79 Å². The van der Waals surface area contributed by atoms with Crippen LogP contribution in [0.2, 0.25) is 0 Å². The van der Waals surface area contributed by atoms with Crippen molar-refractivity contribution in [2.24, 2.45) is 0 Å². The third-order valence-electron chi connectivity index (χ3n) is 3.71. The topological polar surface area (TPSA) is 58.6 Å². The average Bonchev–Trinajstić information content (AvgIpc) is 2.60. The summed E-state index contributed by atoms with van der Waals surface area (Å²) >= 11 is 0. The molecule has 0 radical (unpaired) electrons. The van der Waals surface area contributed by atoms with Gasteiger partial charge in [-0.05, 0) is 31.0 Å². The van der Waals surface area contributed by atoms with E-state index in [-0.39, 0.29) is 18.6 Å². The highest BCUT2D eigenvalue weighted by Crippen LogP contribution is 2.15. The summed E-state index contributed by atoms with van der Waals surface area (Å²) in [6.07, 6.45) is 1.35. The van der Waals surface area contributed by atoms with Crippen LogP contribution in [-0.2, 0) is 6.61 Å². The van der Waals surface area contributed by atoms with Crippen molar-refractivity contribution in [3.63, 3.8) is 0 Å². The molecule has 0 spiro atoms. The number of nitrogens with one attached hydrogen (secondary N) is 1. The third-order valence-corrected chi connectivity index (χ3v) is 3.71. The highest BCUT2D eigenvalue weighted by atomic mass is 16.5. The molecule has 2 N–H and O–H groups in total. The van der Waals surface area contributed by atoms with Gasteiger partial charge in [0.2, 0.25) is 0 Å². The van der Waals surface area contributed by atoms with Gasteiger partial charge in [0.15, 0.2) is 0 Å². The molecule has 122 valence electrons. The summed E-state index contributed by atoms with van der Waals surface area (Å²) in [7, 11) is 0. The van der Waals surface area contributed by atoms with E-state index in [2.05, 4.69) is 5.32 Å². The largest absolute Gasteiger partial charge is 0.489 e. The van der Waals surface area contributed by atoms with Crippen molar-refractivity contribution in [1.82, 2.24) is 5.32 Å². The average molecular weight is 313 g/mol. The molecule has 4 nitrogen and oxygen atoms in total. The van der Waals surface area contributed by atoms with Gasteiger partial charge in [-0.25, -0.2) is 0 Å². The molecule has 0 saturated heterocycles. The predicted octanol–water partition coefficient (Wildman–Crippen LogP) is 3.16. The lowest BCUT2D eigenvalue weighted by Gasteiger charge is -2.17. The summed E-state index contributed by atoms with van der Waals surface area (Å²) < 4.78 is 5.74. The van der Waals surface area contributed by atoms with Crippen LogP contribution in [0.3, 0.4) is 0 Å². The van der Waals surface area contributed by atoms with E-state index in [0.717, 1.165) is 17.7 Å². The summed E-state index contributed by atoms with van der Waals surface area (Å²) in [6.45, 7) is 2.40. The maximum absolute atomic E-state index is 12.5. The molecule has 0 aliphatic heterocycles. The molecule has 0 bridgehead atoms. The molecule has 2 aromatic carbocycles. The zero-order valence-corrected chi connectivity index (χ0v) is 13.4. The number of para-hydroxylation sites is 1. The van der Waals surface area contributed by atoms with Crippen LogP contribution in [0.25, 0.3) is 0 Å². The van der Waals surface area contributed by atoms with Gasteiger partial charge >= 0.3 is 0 Å². The standard InChI is InChI=1S/C19H23NO3/c1-2-16(12-13-21)20-19(22)18-11-7-6-8-15(18)14-23-17-9-4-3-5-10-17/h3-11,16,21H,2,12-14H2,1H3,(H,20,22). The maximum Gasteiger partial charge on any atom is 0.251 e. The minimum Gasteiger partial charge on any atom is -0.489 e. The highest BCUT2D eigenvalue weighted by molar-refractivity contribution is 5.95. The fourth-order valence-corrected chi connectivity index (χ4v) is 2.34. The number of benzene rings is 2. The van der Waals surface area contributed by atoms with Gasteiger partial charge in [-0.2, -0.15) is 0 Å². The second kappa shape index (κ2) is 8.96. The Kier molecular flexibility index (Phi) is 6.63. The molecular formula is C19H23NO3. The molecule has 1 amide bonds. The highest BCUT2D eigenvalue weighted by Gasteiger charge is 2.15. The zero-order chi connectivity index (χ0) is 16.5. The Morgan fingerprint density at radius 3 is 2.52 bits per heavy atom. The molecule has 0 aromatic heterocycles. The molecule has 1 unspecified atom stereocenters. The fourth-order valence-electron chi connectivity index (χ4n) is 2.34. The van der Waals surface area contributed by atoms with Crippen LogP contribution in [0.1, 0.15) is 35.7 Å². The van der Waals surface area contributed by atoms with Gasteiger partial charge in [0, 0.05) is 23.8 Å². The van der Waals surface area contributed by atoms with Crippen molar-refractivity contribution in [3.05, 3.63) is 65.7 Å². The Hall–Kier alpha value is -2.33. The van der Waals surface area contributed by atoms with E-state index in [1.54, 1.807) is 6.07 Å². The van der Waals surface area contributed by atoms with Gasteiger partial charge in [0.05, 0.1) is 0 Å². The lowest BCUT2D eigenvalue weighted by Crippen LogP contribution is -2.35. The lowest BCUT2D eigenvalue weighted by atomic mass is 10.1. The molecule has 4 heteroatoms. The Labute approximate surface area is 137 Å². The van der Waals surface area contributed by atoms with E-state index in [1.807, 2.05) is 55.5 Å². The number of hydrogen-bond donors (Lipinski definition) is 2. The van der Waals surface area contributed by atoms with Gasteiger partial charge < -0.3 is 15.2 Å². The normalized spacial score (nSPS) is 11.7. The summed E-state index contributed by atoms with van der Waals surface area (Å²) in [4.78, 5) is 12.5. The summed E-state index contributed by atoms with van der Waals surface area (Å²) in [5.41, 5.74) is 1.45. The molecule has 0 aliphatic carbocycles. The maximum atomic E-state index is 12.5. The van der Waals surface area contributed by atoms with E-state index in [9.17, 15) is 4.79 Å². The minimum atomic E-state index is -0.127. The number of aliphatic hydroxyl groups is 1. The first kappa shape index (κ1) is 17.0. The number of aliphatic hydroxyl groups excluding tert-OH is 1. The van der Waals surface area contributed by atoms with Crippen LogP contribution >= 0.6 is 0 Å². The van der Waals surface area contributed by atoms with Crippen LogP contribution in [0.15, 0.2) is 54.6 Å². The zero-order valence-electron chi connectivity index (χ0n) is 13.4. The molecule has 23 heavy (non-hydrogen) atoms. The SMILES string of the molecule is CCC(CCO)NC(=O)c1ccccc1COc1ccccc1. The quantitative estimate of drug-likeness (QED) is 0.787. The Bertz CT molecular complexity index is 613. The van der Waals surface area contributed by atoms with Gasteiger partial charge in [-0.15, -0.1) is 0 Å². The molecule has 0 fully saturated rings. The monoisotopic (exact) mass is 313 g/mol. The number of rotatable bonds is 8. The molecule has 1 atom stereocenters. The Balaban J connectivity index is 2.05. The molecule has 0 aliphatic rings. The van der Waals surface area contributed by atoms with Gasteiger partial charge in [-0.1, -0.05) is 43.3 Å². The van der Waals surface area contributed by atoms with E-state index in [4.69, 9.17) is 9.84 Å². The van der Waals surface area contributed by atoms with Gasteiger partial charge in [0.25, 0.3) is 5.91 Å². The summed E-state index contributed by atoms with van der Waals surface area (Å²) in [5.74, 6) is 0.645. The second-order valence-electron chi connectivity index (χ2n) is 5.35. The number of ether oxygens (including phenoxy) is 1. The Morgan fingerprint density at radius 2 is 1.83 bits per heavy atom. The van der Waals surface area contributed by atoms with E-state index in [0.29, 0.717) is 18.6 Å². The molecule has 0 saturated carbocycles. The van der Waals surface area contributed by atoms with Gasteiger partial charge in [0.1, 0.15) is 12.4 Å². The first-order valence-corrected chi connectivity index (χ1v) is 7.92. The first-order chi connectivity index (χ1) is 11.2. The summed E-state index contributed by atoms with van der Waals surface area (Å²) in [6, 6.07) is 16.9. The smallest absolute Gasteiger partial charge is 0.251 e. The molecule has 2 aromatic rings. The second-order valence-corrected chi connectivity index (χ2v) is 5.35. The van der Waals surface area contributed by atoms with Crippen LogP contribution in [0, 0.1) is 0 Å². The number of carbonyl (C=O) groups is 1. The predicted molar refractivity (Wildman–Crippen MR) is 90.5 cm³/mol. The van der Waals surface area contributed by atoms with Crippen molar-refractivity contribution in [3.8, 4) is 5.75 Å². The minimum absolute atomic E-state index is 0.0180. The lowest BCUT2D eigenvalue weighted by molar-refractivity contribution is 0.0926. The Morgan fingerprint density at radius 1 is 1.13 bits per heavy atom. The number of hydrogen-bond acceptors (Lipinski definition) is 3. The van der Waals surface area contributed by atoms with Crippen molar-refractivity contribution in [1.29, 1.82) is 0 Å². The van der Waals surface area contributed by atoms with Crippen molar-refractivity contribution in [2.45, 2.75) is 32.4 Å². The van der Waals surface area contributed by atoms with Crippen molar-refractivity contribution in [2.75, 3.05) is 6.61 Å². The number of amides is 1. The number of carbonyl (C=O) groups excluding carboxylic acids is 1. The van der Waals surface area contributed by atoms with Crippen LogP contribution in [0.4, 0.5) is 0 Å². The molecule has 0 heterocycles. The van der Waals surface area contributed by atoms with Crippen LogP contribution in [-0.4, -0.2) is 23.7 Å². The van der Waals surface area contributed by atoms with Crippen molar-refractivity contribution < 1.29 is 14.6 Å². The first-order valence-electron chi connectivity index (χ1n) is 7.92. The van der Waals surface area contributed by atoms with Crippen molar-refractivity contribution >= 4 is 5.91 Å². The molecule has 2 rings (SSSR count). The summed E-state index contributed by atoms with van der Waals surface area (Å²) in [5, 5.41) is 12.0. The third kappa shape index (κ3) is 5.11. The van der Waals surface area contributed by atoms with E-state index < -0.39 is 0 Å². The van der Waals surface area contributed by atoms with Crippen LogP contribution in [0.5, 0.6) is 5.75 Å². The van der Waals surface area contributed by atoms with Crippen LogP contribution < -0.4 is 10.1 Å². The fraction of sp³-hybridized carbons (Fsp3) is 0.316.